The molecule has 1 aliphatic rings. The van der Waals surface area contributed by atoms with E-state index in [1.165, 1.54) is 4.90 Å². The van der Waals surface area contributed by atoms with Crippen LogP contribution in [0.15, 0.2) is 22.7 Å². The molecule has 1 aliphatic heterocycles. The predicted molar refractivity (Wildman–Crippen MR) is 79.8 cm³/mol. The van der Waals surface area contributed by atoms with Crippen molar-refractivity contribution in [2.45, 2.75) is 26.8 Å². The molecule has 0 saturated carbocycles. The topological polar surface area (TPSA) is 92.5 Å². The van der Waals surface area contributed by atoms with Crippen molar-refractivity contribution in [3.8, 4) is 0 Å². The number of hydrogen-bond acceptors (Lipinski definition) is 4. The Labute approximate surface area is 130 Å². The Kier molecular flexibility index (Phi) is 4.15. The van der Waals surface area contributed by atoms with Gasteiger partial charge in [0.1, 0.15) is 0 Å². The zero-order valence-electron chi connectivity index (χ0n) is 11.8. The highest BCUT2D eigenvalue weighted by molar-refractivity contribution is 9.10. The number of carbonyl (C=O) groups excluding carboxylic acids is 3. The highest BCUT2D eigenvalue weighted by Crippen LogP contribution is 2.33. The summed E-state index contributed by atoms with van der Waals surface area (Å²) in [4.78, 5) is 36.8. The van der Waals surface area contributed by atoms with E-state index >= 15 is 0 Å². The Morgan fingerprint density at radius 1 is 1.43 bits per heavy atom. The minimum Gasteiger partial charge on any atom is -0.290 e. The number of nitrogens with one attached hydrogen (secondary N) is 1. The number of amides is 3. The molecule has 1 fully saturated rings. The summed E-state index contributed by atoms with van der Waals surface area (Å²) >= 11 is 3.35. The average molecular weight is 354 g/mol. The van der Waals surface area contributed by atoms with Crippen LogP contribution in [-0.2, 0) is 16.1 Å². The molecule has 3 N–H and O–H groups in total. The summed E-state index contributed by atoms with van der Waals surface area (Å²) in [6.07, 6.45) is 0.219. The van der Waals surface area contributed by atoms with Gasteiger partial charge in [0, 0.05) is 16.5 Å². The molecule has 0 atom stereocenters. The van der Waals surface area contributed by atoms with Crippen LogP contribution in [-0.4, -0.2) is 22.6 Å². The van der Waals surface area contributed by atoms with Gasteiger partial charge in [0.2, 0.25) is 11.8 Å². The molecule has 0 unspecified atom stereocenters. The number of nitrogens with two attached hydrogens (primary N) is 1. The van der Waals surface area contributed by atoms with E-state index in [4.69, 9.17) is 5.84 Å². The molecular formula is C14H16BrN3O3. The number of carbonyl (C=O) groups is 3. The molecule has 1 aromatic rings. The standard InChI is InChI=1S/C14H16BrN3O3/c1-14(2)6-11(19)18(13(14)21)7-9-4-3-8(5-10(9)15)12(20)17-16/h3-5H,6-7,16H2,1-2H3,(H,17,20). The van der Waals surface area contributed by atoms with Crippen molar-refractivity contribution in [1.29, 1.82) is 0 Å². The molecule has 1 saturated heterocycles. The zero-order chi connectivity index (χ0) is 15.8. The molecule has 112 valence electrons. The van der Waals surface area contributed by atoms with Gasteiger partial charge in [0.25, 0.3) is 5.91 Å². The molecular weight excluding hydrogens is 338 g/mol. The second-order valence-electron chi connectivity index (χ2n) is 5.63. The van der Waals surface area contributed by atoms with Crippen LogP contribution in [0.4, 0.5) is 0 Å². The van der Waals surface area contributed by atoms with Crippen LogP contribution < -0.4 is 11.3 Å². The Bertz CT molecular complexity index is 628. The molecule has 21 heavy (non-hydrogen) atoms. The van der Waals surface area contributed by atoms with Gasteiger partial charge >= 0.3 is 0 Å². The van der Waals surface area contributed by atoms with Crippen LogP contribution in [0.5, 0.6) is 0 Å². The smallest absolute Gasteiger partial charge is 0.265 e. The van der Waals surface area contributed by atoms with Crippen LogP contribution in [0.25, 0.3) is 0 Å². The maximum absolute atomic E-state index is 12.2. The zero-order valence-corrected chi connectivity index (χ0v) is 13.4. The van der Waals surface area contributed by atoms with Crippen LogP contribution in [0.2, 0.25) is 0 Å². The minimum atomic E-state index is -0.650. The Balaban J connectivity index is 2.23. The molecule has 6 nitrogen and oxygen atoms in total. The second-order valence-corrected chi connectivity index (χ2v) is 6.48. The predicted octanol–water partition coefficient (Wildman–Crippen LogP) is 1.34. The van der Waals surface area contributed by atoms with Gasteiger partial charge in [0.15, 0.2) is 0 Å². The van der Waals surface area contributed by atoms with Crippen LogP contribution in [0.1, 0.15) is 36.2 Å². The molecule has 1 heterocycles. The first-order valence-corrected chi connectivity index (χ1v) is 7.20. The van der Waals surface area contributed by atoms with E-state index in [-0.39, 0.29) is 24.8 Å². The quantitative estimate of drug-likeness (QED) is 0.371. The van der Waals surface area contributed by atoms with Crippen LogP contribution >= 0.6 is 15.9 Å². The largest absolute Gasteiger partial charge is 0.290 e. The summed E-state index contributed by atoms with van der Waals surface area (Å²) in [5.74, 6) is 4.31. The van der Waals surface area contributed by atoms with Crippen molar-refractivity contribution in [2.24, 2.45) is 11.3 Å². The fourth-order valence-corrected chi connectivity index (χ4v) is 2.76. The number of hydrazine groups is 1. The summed E-state index contributed by atoms with van der Waals surface area (Å²) in [5, 5.41) is 0. The Hall–Kier alpha value is -1.73. The molecule has 0 radical (unpaired) electrons. The first-order valence-electron chi connectivity index (χ1n) is 6.40. The third kappa shape index (κ3) is 2.98. The van der Waals surface area contributed by atoms with Crippen molar-refractivity contribution >= 4 is 33.7 Å². The van der Waals surface area contributed by atoms with E-state index in [0.29, 0.717) is 10.0 Å². The Morgan fingerprint density at radius 2 is 2.10 bits per heavy atom. The summed E-state index contributed by atoms with van der Waals surface area (Å²) < 4.78 is 0.647. The number of halogens is 1. The molecule has 0 aliphatic carbocycles. The summed E-state index contributed by atoms with van der Waals surface area (Å²) in [7, 11) is 0. The second kappa shape index (κ2) is 5.57. The molecule has 7 heteroatoms. The molecule has 2 rings (SSSR count). The van der Waals surface area contributed by atoms with Crippen molar-refractivity contribution < 1.29 is 14.4 Å². The van der Waals surface area contributed by atoms with Gasteiger partial charge in [0.05, 0.1) is 12.0 Å². The number of nitrogens with zero attached hydrogens (tertiary/aromatic N) is 1. The molecule has 0 bridgehead atoms. The lowest BCUT2D eigenvalue weighted by molar-refractivity contribution is -0.141. The molecule has 1 aromatic carbocycles. The van der Waals surface area contributed by atoms with Gasteiger partial charge in [-0.1, -0.05) is 35.8 Å². The maximum Gasteiger partial charge on any atom is 0.265 e. The van der Waals surface area contributed by atoms with Gasteiger partial charge < -0.3 is 0 Å². The van der Waals surface area contributed by atoms with Crippen LogP contribution in [0, 0.1) is 5.41 Å². The number of hydrogen-bond donors (Lipinski definition) is 2. The summed E-state index contributed by atoms with van der Waals surface area (Å²) in [6.45, 7) is 3.71. The van der Waals surface area contributed by atoms with Gasteiger partial charge in [-0.25, -0.2) is 5.84 Å². The average Bonchev–Trinajstić information content (AvgIpc) is 2.61. The maximum atomic E-state index is 12.2. The number of rotatable bonds is 3. The van der Waals surface area contributed by atoms with Gasteiger partial charge in [-0.15, -0.1) is 0 Å². The van der Waals surface area contributed by atoms with E-state index in [1.807, 2.05) is 5.43 Å². The lowest BCUT2D eigenvalue weighted by Gasteiger charge is -2.18. The van der Waals surface area contributed by atoms with Crippen molar-refractivity contribution in [3.05, 3.63) is 33.8 Å². The minimum absolute atomic E-state index is 0.178. The van der Waals surface area contributed by atoms with E-state index in [9.17, 15) is 14.4 Å². The van der Waals surface area contributed by atoms with Gasteiger partial charge in [-0.05, 0) is 17.7 Å². The first-order chi connectivity index (χ1) is 9.76. The lowest BCUT2D eigenvalue weighted by Crippen LogP contribution is -2.33. The highest BCUT2D eigenvalue weighted by atomic mass is 79.9. The van der Waals surface area contributed by atoms with Crippen molar-refractivity contribution in [1.82, 2.24) is 10.3 Å². The normalized spacial score (nSPS) is 17.2. The van der Waals surface area contributed by atoms with Crippen molar-refractivity contribution in [2.75, 3.05) is 0 Å². The van der Waals surface area contributed by atoms with Crippen LogP contribution in [0.3, 0.4) is 0 Å². The third-order valence-electron chi connectivity index (χ3n) is 3.49. The van der Waals surface area contributed by atoms with E-state index in [1.54, 1.807) is 32.0 Å². The monoisotopic (exact) mass is 353 g/mol. The van der Waals surface area contributed by atoms with E-state index in [2.05, 4.69) is 15.9 Å². The molecule has 3 amide bonds. The summed E-state index contributed by atoms with van der Waals surface area (Å²) in [5.41, 5.74) is 2.55. The fraction of sp³-hybridized carbons (Fsp3) is 0.357. The third-order valence-corrected chi connectivity index (χ3v) is 4.23. The molecule has 0 aromatic heterocycles. The lowest BCUT2D eigenvalue weighted by atomic mass is 9.92. The fourth-order valence-electron chi connectivity index (χ4n) is 2.26. The SMILES string of the molecule is CC1(C)CC(=O)N(Cc2ccc(C(=O)NN)cc2Br)C1=O. The van der Waals surface area contributed by atoms with Crippen molar-refractivity contribution in [3.63, 3.8) is 0 Å². The number of imide groups is 1. The van der Waals surface area contributed by atoms with E-state index < -0.39 is 11.3 Å². The van der Waals surface area contributed by atoms with Gasteiger partial charge in [-0.3, -0.25) is 24.7 Å². The number of benzene rings is 1. The Morgan fingerprint density at radius 3 is 2.57 bits per heavy atom. The molecule has 0 spiro atoms. The highest BCUT2D eigenvalue weighted by Gasteiger charge is 2.44. The van der Waals surface area contributed by atoms with Gasteiger partial charge in [-0.2, -0.15) is 0 Å². The summed E-state index contributed by atoms with van der Waals surface area (Å²) in [6, 6.07) is 4.90. The van der Waals surface area contributed by atoms with E-state index in [0.717, 1.165) is 5.56 Å². The number of likely N-dealkylation sites (tertiary alicyclic amines) is 1. The number of nitrogen functional groups attached to an aromatic ring is 1. The first kappa shape index (κ1) is 15.7.